The molecule has 1 aromatic carbocycles. The Kier molecular flexibility index (Phi) is 4.66. The molecule has 1 aliphatic rings. The Morgan fingerprint density at radius 3 is 2.90 bits per heavy atom. The van der Waals surface area contributed by atoms with Crippen LogP contribution in [-0.4, -0.2) is 37.5 Å². The normalized spacial score (nSPS) is 19.9. The van der Waals surface area contributed by atoms with Crippen LogP contribution in [0.2, 0.25) is 5.02 Å². The van der Waals surface area contributed by atoms with Gasteiger partial charge in [-0.1, -0.05) is 11.6 Å². The summed E-state index contributed by atoms with van der Waals surface area (Å²) in [6.45, 7) is 0.860. The summed E-state index contributed by atoms with van der Waals surface area (Å²) in [7, 11) is -3.68. The summed E-state index contributed by atoms with van der Waals surface area (Å²) in [4.78, 5) is -0.0251. The van der Waals surface area contributed by atoms with E-state index in [1.54, 1.807) is 0 Å². The van der Waals surface area contributed by atoms with Gasteiger partial charge in [0, 0.05) is 19.7 Å². The zero-order valence-electron chi connectivity index (χ0n) is 10.8. The molecule has 20 heavy (non-hydrogen) atoms. The summed E-state index contributed by atoms with van der Waals surface area (Å²) in [6, 6.07) is 6.13. The van der Waals surface area contributed by atoms with Crippen LogP contribution in [0.3, 0.4) is 0 Å². The van der Waals surface area contributed by atoms with E-state index in [1.807, 2.05) is 6.07 Å². The molecule has 7 heteroatoms. The summed E-state index contributed by atoms with van der Waals surface area (Å²) in [5.41, 5.74) is 0.263. The molecule has 0 radical (unpaired) electrons. The molecule has 0 aromatic heterocycles. The van der Waals surface area contributed by atoms with Crippen LogP contribution in [0, 0.1) is 17.2 Å². The Balaban J connectivity index is 2.30. The molecule has 2 rings (SSSR count). The van der Waals surface area contributed by atoms with Crippen LogP contribution < -0.4 is 0 Å². The fraction of sp³-hybridized carbons (Fsp3) is 0.462. The number of nitrogens with zero attached hydrogens (tertiary/aromatic N) is 2. The van der Waals surface area contributed by atoms with Gasteiger partial charge in [0.25, 0.3) is 0 Å². The molecule has 1 atom stereocenters. The zero-order valence-corrected chi connectivity index (χ0v) is 12.4. The molecule has 1 heterocycles. The summed E-state index contributed by atoms with van der Waals surface area (Å²) in [6.07, 6.45) is 1.33. The number of aliphatic hydroxyl groups is 1. The smallest absolute Gasteiger partial charge is 0.244 e. The third kappa shape index (κ3) is 2.96. The minimum Gasteiger partial charge on any atom is -0.396 e. The van der Waals surface area contributed by atoms with Crippen molar-refractivity contribution in [1.29, 1.82) is 5.26 Å². The lowest BCUT2D eigenvalue weighted by molar-refractivity contribution is 0.259. The minimum atomic E-state index is -3.68. The molecule has 5 nitrogen and oxygen atoms in total. The van der Waals surface area contributed by atoms with Crippen LogP contribution in [-0.2, 0) is 10.0 Å². The molecule has 0 aliphatic carbocycles. The van der Waals surface area contributed by atoms with Gasteiger partial charge in [0.05, 0.1) is 16.7 Å². The minimum absolute atomic E-state index is 0.0251. The van der Waals surface area contributed by atoms with E-state index in [0.29, 0.717) is 19.5 Å². The monoisotopic (exact) mass is 314 g/mol. The van der Waals surface area contributed by atoms with Crippen molar-refractivity contribution in [1.82, 2.24) is 4.31 Å². The van der Waals surface area contributed by atoms with E-state index in [9.17, 15) is 8.42 Å². The highest BCUT2D eigenvalue weighted by Gasteiger charge is 2.33. The van der Waals surface area contributed by atoms with Gasteiger partial charge in [0.2, 0.25) is 10.0 Å². The lowest BCUT2D eigenvalue weighted by Crippen LogP contribution is -2.29. The van der Waals surface area contributed by atoms with Crippen LogP contribution in [0.25, 0.3) is 0 Å². The third-order valence-corrected chi connectivity index (χ3v) is 5.81. The van der Waals surface area contributed by atoms with E-state index in [1.165, 1.54) is 22.5 Å². The fourth-order valence-electron chi connectivity index (χ4n) is 2.34. The zero-order chi connectivity index (χ0) is 14.8. The van der Waals surface area contributed by atoms with E-state index >= 15 is 0 Å². The number of hydrogen-bond acceptors (Lipinski definition) is 4. The Labute approximate surface area is 123 Å². The number of hydrogen-bond donors (Lipinski definition) is 1. The van der Waals surface area contributed by atoms with Crippen molar-refractivity contribution >= 4 is 21.6 Å². The van der Waals surface area contributed by atoms with E-state index in [2.05, 4.69) is 0 Å². The first kappa shape index (κ1) is 15.3. The predicted octanol–water partition coefficient (Wildman–Crippen LogP) is 1.60. The van der Waals surface area contributed by atoms with Crippen LogP contribution >= 0.6 is 11.6 Å². The molecule has 0 saturated carbocycles. The molecule has 1 aromatic rings. The average molecular weight is 315 g/mol. The second-order valence-corrected chi connectivity index (χ2v) is 7.10. The van der Waals surface area contributed by atoms with Crippen molar-refractivity contribution in [2.45, 2.75) is 17.7 Å². The van der Waals surface area contributed by atoms with Crippen molar-refractivity contribution < 1.29 is 13.5 Å². The maximum atomic E-state index is 12.5. The van der Waals surface area contributed by atoms with Gasteiger partial charge in [-0.25, -0.2) is 8.42 Å². The van der Waals surface area contributed by atoms with Crippen LogP contribution in [0.1, 0.15) is 18.4 Å². The van der Waals surface area contributed by atoms with Crippen LogP contribution in [0.15, 0.2) is 23.1 Å². The molecular weight excluding hydrogens is 300 g/mol. The fourth-order valence-corrected chi connectivity index (χ4v) is 4.37. The molecule has 1 fully saturated rings. The van der Waals surface area contributed by atoms with Crippen molar-refractivity contribution in [3.63, 3.8) is 0 Å². The summed E-state index contributed by atoms with van der Waals surface area (Å²) >= 11 is 5.96. The highest BCUT2D eigenvalue weighted by atomic mass is 35.5. The van der Waals surface area contributed by atoms with Gasteiger partial charge < -0.3 is 5.11 Å². The second-order valence-electron chi connectivity index (χ2n) is 4.79. The summed E-state index contributed by atoms with van der Waals surface area (Å²) < 4.78 is 26.5. The molecule has 1 aliphatic heterocycles. The molecular formula is C13H15ClN2O3S. The van der Waals surface area contributed by atoms with E-state index in [0.717, 1.165) is 6.42 Å². The first-order valence-electron chi connectivity index (χ1n) is 6.29. The number of benzene rings is 1. The summed E-state index contributed by atoms with van der Waals surface area (Å²) in [5.74, 6) is 0.174. The molecule has 1 N–H and O–H groups in total. The van der Waals surface area contributed by atoms with Crippen LogP contribution in [0.4, 0.5) is 0 Å². The van der Waals surface area contributed by atoms with Gasteiger partial charge in [0.15, 0.2) is 0 Å². The lowest BCUT2D eigenvalue weighted by Gasteiger charge is -2.17. The summed E-state index contributed by atoms with van der Waals surface area (Å²) in [5, 5.41) is 17.9. The Morgan fingerprint density at radius 1 is 1.50 bits per heavy atom. The number of aliphatic hydroxyl groups excluding tert-OH is 1. The standard InChI is InChI=1S/C13H15ClN2O3S/c14-12-2-1-11(8-15)7-13(12)20(18,19)16-5-3-10(9-16)4-6-17/h1-2,7,10,17H,3-6,9H2. The van der Waals surface area contributed by atoms with Gasteiger partial charge in [-0.05, 0) is 37.0 Å². The number of rotatable bonds is 4. The van der Waals surface area contributed by atoms with Crippen molar-refractivity contribution in [3.05, 3.63) is 28.8 Å². The SMILES string of the molecule is N#Cc1ccc(Cl)c(S(=O)(=O)N2CCC(CCO)C2)c1. The molecule has 0 bridgehead atoms. The molecule has 1 unspecified atom stereocenters. The number of nitriles is 1. The van der Waals surface area contributed by atoms with E-state index < -0.39 is 10.0 Å². The first-order valence-corrected chi connectivity index (χ1v) is 8.11. The van der Waals surface area contributed by atoms with Crippen LogP contribution in [0.5, 0.6) is 0 Å². The molecule has 0 spiro atoms. The van der Waals surface area contributed by atoms with Gasteiger partial charge in [0.1, 0.15) is 4.90 Å². The van der Waals surface area contributed by atoms with E-state index in [-0.39, 0.29) is 28.0 Å². The second kappa shape index (κ2) is 6.10. The topological polar surface area (TPSA) is 81.4 Å². The van der Waals surface area contributed by atoms with Gasteiger partial charge in [-0.2, -0.15) is 9.57 Å². The molecule has 108 valence electrons. The van der Waals surface area contributed by atoms with Crippen molar-refractivity contribution in [2.75, 3.05) is 19.7 Å². The molecule has 0 amide bonds. The van der Waals surface area contributed by atoms with Gasteiger partial charge >= 0.3 is 0 Å². The van der Waals surface area contributed by atoms with Gasteiger partial charge in [-0.3, -0.25) is 0 Å². The maximum absolute atomic E-state index is 12.5. The average Bonchev–Trinajstić information content (AvgIpc) is 2.89. The van der Waals surface area contributed by atoms with Crippen molar-refractivity contribution in [2.24, 2.45) is 5.92 Å². The van der Waals surface area contributed by atoms with Crippen molar-refractivity contribution in [3.8, 4) is 6.07 Å². The Hall–Kier alpha value is -1.13. The quantitative estimate of drug-likeness (QED) is 0.915. The largest absolute Gasteiger partial charge is 0.396 e. The van der Waals surface area contributed by atoms with Gasteiger partial charge in [-0.15, -0.1) is 0 Å². The Morgan fingerprint density at radius 2 is 2.25 bits per heavy atom. The maximum Gasteiger partial charge on any atom is 0.244 e. The first-order chi connectivity index (χ1) is 9.48. The Bertz CT molecular complexity index is 640. The van der Waals surface area contributed by atoms with E-state index in [4.69, 9.17) is 22.0 Å². The number of sulfonamides is 1. The third-order valence-electron chi connectivity index (χ3n) is 3.46. The predicted molar refractivity (Wildman–Crippen MR) is 74.7 cm³/mol. The lowest BCUT2D eigenvalue weighted by atomic mass is 10.1. The number of halogens is 1. The highest BCUT2D eigenvalue weighted by molar-refractivity contribution is 7.89. The molecule has 1 saturated heterocycles. The highest BCUT2D eigenvalue weighted by Crippen LogP contribution is 2.30.